The smallest absolute Gasteiger partial charge is 0.141 e. The fourth-order valence-electron chi connectivity index (χ4n) is 1.07. The standard InChI is InChI=1S/C10H8FN3/c11-9-5-7(10(14)3-4-12)1-2-8(9)6-13/h1-2,5,10H,3,14H2. The van der Waals surface area contributed by atoms with Crippen molar-refractivity contribution in [2.45, 2.75) is 12.5 Å². The summed E-state index contributed by atoms with van der Waals surface area (Å²) in [7, 11) is 0. The molecule has 0 amide bonds. The van der Waals surface area contributed by atoms with Crippen LogP contribution >= 0.6 is 0 Å². The Labute approximate surface area is 81.2 Å². The molecule has 0 spiro atoms. The van der Waals surface area contributed by atoms with Crippen molar-refractivity contribution in [2.75, 3.05) is 0 Å². The van der Waals surface area contributed by atoms with Crippen molar-refractivity contribution in [1.82, 2.24) is 0 Å². The second-order valence-electron chi connectivity index (χ2n) is 2.82. The van der Waals surface area contributed by atoms with Crippen LogP contribution in [-0.4, -0.2) is 0 Å². The number of nitrogens with two attached hydrogens (primary N) is 1. The molecule has 0 bridgehead atoms. The van der Waals surface area contributed by atoms with Gasteiger partial charge < -0.3 is 5.73 Å². The van der Waals surface area contributed by atoms with E-state index < -0.39 is 11.9 Å². The fourth-order valence-corrected chi connectivity index (χ4v) is 1.07. The molecule has 0 aliphatic rings. The van der Waals surface area contributed by atoms with Crippen LogP contribution in [0.25, 0.3) is 0 Å². The minimum absolute atomic E-state index is 0.0158. The van der Waals surface area contributed by atoms with Crippen LogP contribution in [0.5, 0.6) is 0 Å². The number of hydrogen-bond acceptors (Lipinski definition) is 3. The molecular formula is C10H8FN3. The van der Waals surface area contributed by atoms with E-state index in [1.165, 1.54) is 12.1 Å². The van der Waals surface area contributed by atoms with Gasteiger partial charge in [-0.3, -0.25) is 0 Å². The molecule has 14 heavy (non-hydrogen) atoms. The Hall–Kier alpha value is -1.91. The summed E-state index contributed by atoms with van der Waals surface area (Å²) in [6, 6.07) is 7.23. The van der Waals surface area contributed by atoms with Gasteiger partial charge in [-0.05, 0) is 17.7 Å². The molecule has 0 heterocycles. The lowest BCUT2D eigenvalue weighted by Crippen LogP contribution is -2.09. The highest BCUT2D eigenvalue weighted by Gasteiger charge is 2.08. The fraction of sp³-hybridized carbons (Fsp3) is 0.200. The van der Waals surface area contributed by atoms with Gasteiger partial charge >= 0.3 is 0 Å². The van der Waals surface area contributed by atoms with E-state index in [1.807, 2.05) is 6.07 Å². The third-order valence-corrected chi connectivity index (χ3v) is 1.85. The van der Waals surface area contributed by atoms with Crippen LogP contribution in [0.2, 0.25) is 0 Å². The van der Waals surface area contributed by atoms with Crippen molar-refractivity contribution in [3.05, 3.63) is 35.1 Å². The minimum Gasteiger partial charge on any atom is -0.323 e. The zero-order valence-electron chi connectivity index (χ0n) is 7.37. The maximum atomic E-state index is 13.1. The van der Waals surface area contributed by atoms with Gasteiger partial charge in [0.1, 0.15) is 11.9 Å². The van der Waals surface area contributed by atoms with Gasteiger partial charge in [-0.25, -0.2) is 4.39 Å². The highest BCUT2D eigenvalue weighted by molar-refractivity contribution is 5.34. The first-order valence-corrected chi connectivity index (χ1v) is 4.01. The Balaban J connectivity index is 2.99. The van der Waals surface area contributed by atoms with Crippen molar-refractivity contribution < 1.29 is 4.39 Å². The zero-order valence-corrected chi connectivity index (χ0v) is 7.37. The molecule has 0 saturated heterocycles. The molecule has 0 radical (unpaired) electrons. The van der Waals surface area contributed by atoms with Crippen LogP contribution in [-0.2, 0) is 0 Å². The predicted molar refractivity (Wildman–Crippen MR) is 48.3 cm³/mol. The topological polar surface area (TPSA) is 73.6 Å². The summed E-state index contributed by atoms with van der Waals surface area (Å²) < 4.78 is 13.1. The van der Waals surface area contributed by atoms with E-state index in [0.717, 1.165) is 0 Å². The van der Waals surface area contributed by atoms with E-state index in [9.17, 15) is 4.39 Å². The molecular weight excluding hydrogens is 181 g/mol. The summed E-state index contributed by atoms with van der Waals surface area (Å²) in [5, 5.41) is 16.9. The lowest BCUT2D eigenvalue weighted by atomic mass is 10.0. The Kier molecular flexibility index (Phi) is 3.17. The maximum Gasteiger partial charge on any atom is 0.141 e. The molecule has 4 heteroatoms. The van der Waals surface area contributed by atoms with Gasteiger partial charge in [-0.2, -0.15) is 10.5 Å². The Morgan fingerprint density at radius 1 is 1.43 bits per heavy atom. The second kappa shape index (κ2) is 4.36. The van der Waals surface area contributed by atoms with Gasteiger partial charge in [0.15, 0.2) is 0 Å². The van der Waals surface area contributed by atoms with E-state index >= 15 is 0 Å². The van der Waals surface area contributed by atoms with Crippen LogP contribution in [0.15, 0.2) is 18.2 Å². The minimum atomic E-state index is -0.599. The van der Waals surface area contributed by atoms with E-state index in [1.54, 1.807) is 12.1 Å². The molecule has 0 saturated carbocycles. The maximum absolute atomic E-state index is 13.1. The average molecular weight is 189 g/mol. The summed E-state index contributed by atoms with van der Waals surface area (Å²) >= 11 is 0. The Bertz CT molecular complexity index is 414. The Morgan fingerprint density at radius 3 is 2.64 bits per heavy atom. The van der Waals surface area contributed by atoms with Crippen molar-refractivity contribution >= 4 is 0 Å². The number of nitriles is 2. The molecule has 3 nitrogen and oxygen atoms in total. The molecule has 1 atom stereocenters. The average Bonchev–Trinajstić information content (AvgIpc) is 2.18. The molecule has 1 aromatic carbocycles. The summed E-state index contributed by atoms with van der Waals surface area (Å²) in [5.74, 6) is -0.599. The number of hydrogen-bond donors (Lipinski definition) is 1. The van der Waals surface area contributed by atoms with Crippen LogP contribution in [0.4, 0.5) is 4.39 Å². The molecule has 0 aliphatic heterocycles. The van der Waals surface area contributed by atoms with Gasteiger partial charge in [0.05, 0.1) is 18.1 Å². The van der Waals surface area contributed by atoms with E-state index in [4.69, 9.17) is 16.3 Å². The largest absolute Gasteiger partial charge is 0.323 e. The molecule has 1 aromatic rings. The highest BCUT2D eigenvalue weighted by Crippen LogP contribution is 2.16. The normalized spacial score (nSPS) is 11.4. The molecule has 0 aromatic heterocycles. The third kappa shape index (κ3) is 2.07. The van der Waals surface area contributed by atoms with Crippen LogP contribution in [0, 0.1) is 28.5 Å². The first kappa shape index (κ1) is 10.2. The molecule has 1 unspecified atom stereocenters. The predicted octanol–water partition coefficient (Wildman–Crippen LogP) is 1.61. The van der Waals surface area contributed by atoms with Crippen LogP contribution < -0.4 is 5.73 Å². The number of nitrogens with zero attached hydrogens (tertiary/aromatic N) is 2. The lowest BCUT2D eigenvalue weighted by Gasteiger charge is -2.07. The second-order valence-corrected chi connectivity index (χ2v) is 2.82. The summed E-state index contributed by atoms with van der Waals surface area (Å²) in [6.07, 6.45) is 0.130. The molecule has 70 valence electrons. The van der Waals surface area contributed by atoms with Crippen molar-refractivity contribution in [1.29, 1.82) is 10.5 Å². The Morgan fingerprint density at radius 2 is 2.14 bits per heavy atom. The van der Waals surface area contributed by atoms with Crippen LogP contribution in [0.3, 0.4) is 0 Å². The molecule has 2 N–H and O–H groups in total. The van der Waals surface area contributed by atoms with Gasteiger partial charge in [-0.1, -0.05) is 6.07 Å². The van der Waals surface area contributed by atoms with Crippen molar-refractivity contribution in [3.63, 3.8) is 0 Å². The molecule has 1 rings (SSSR count). The highest BCUT2D eigenvalue weighted by atomic mass is 19.1. The SMILES string of the molecule is N#CCC(N)c1ccc(C#N)c(F)c1. The first-order chi connectivity index (χ1) is 6.69. The van der Waals surface area contributed by atoms with Crippen molar-refractivity contribution in [3.8, 4) is 12.1 Å². The molecule has 0 aliphatic carbocycles. The number of benzene rings is 1. The van der Waals surface area contributed by atoms with E-state index in [2.05, 4.69) is 0 Å². The number of rotatable bonds is 2. The van der Waals surface area contributed by atoms with E-state index in [-0.39, 0.29) is 12.0 Å². The first-order valence-electron chi connectivity index (χ1n) is 4.01. The monoisotopic (exact) mass is 189 g/mol. The van der Waals surface area contributed by atoms with Gasteiger partial charge in [0, 0.05) is 6.04 Å². The summed E-state index contributed by atoms with van der Waals surface area (Å²) in [4.78, 5) is 0. The van der Waals surface area contributed by atoms with Crippen molar-refractivity contribution in [2.24, 2.45) is 5.73 Å². The van der Waals surface area contributed by atoms with Crippen LogP contribution in [0.1, 0.15) is 23.6 Å². The lowest BCUT2D eigenvalue weighted by molar-refractivity contribution is 0.616. The summed E-state index contributed by atoms with van der Waals surface area (Å²) in [5.41, 5.74) is 6.11. The van der Waals surface area contributed by atoms with E-state index in [0.29, 0.717) is 5.56 Å². The summed E-state index contributed by atoms with van der Waals surface area (Å²) in [6.45, 7) is 0. The third-order valence-electron chi connectivity index (χ3n) is 1.85. The van der Waals surface area contributed by atoms with Gasteiger partial charge in [0.25, 0.3) is 0 Å². The van der Waals surface area contributed by atoms with Gasteiger partial charge in [0.2, 0.25) is 0 Å². The molecule has 0 fully saturated rings. The van der Waals surface area contributed by atoms with Gasteiger partial charge in [-0.15, -0.1) is 0 Å². The number of halogens is 1. The quantitative estimate of drug-likeness (QED) is 0.768. The zero-order chi connectivity index (χ0) is 10.6.